The first kappa shape index (κ1) is 23.5. The van der Waals surface area contributed by atoms with Crippen LogP contribution in [0.15, 0.2) is 65.8 Å². The molecule has 0 fully saturated rings. The SMILES string of the molecule is CN(Cc1ccc(OC(F)F)cc1)C(=O)Cn1cnc2c(cnn2-c2ccccc2[N+](=O)[O-])c1=O. The van der Waals surface area contributed by atoms with Gasteiger partial charge in [0.25, 0.3) is 11.2 Å². The number of likely N-dealkylation sites (N-methyl/N-ethyl adjacent to an activating group) is 1. The van der Waals surface area contributed by atoms with Crippen LogP contribution in [0, 0.1) is 10.1 Å². The van der Waals surface area contributed by atoms with E-state index in [-0.39, 0.29) is 41.2 Å². The molecule has 0 spiro atoms. The summed E-state index contributed by atoms with van der Waals surface area (Å²) in [6, 6.07) is 11.8. The highest BCUT2D eigenvalue weighted by molar-refractivity contribution is 5.78. The van der Waals surface area contributed by atoms with Crippen LogP contribution in [-0.4, -0.2) is 48.7 Å². The van der Waals surface area contributed by atoms with Crippen LogP contribution >= 0.6 is 0 Å². The largest absolute Gasteiger partial charge is 0.435 e. The molecule has 180 valence electrons. The average molecular weight is 484 g/mol. The second kappa shape index (κ2) is 9.67. The molecule has 35 heavy (non-hydrogen) atoms. The van der Waals surface area contributed by atoms with E-state index in [2.05, 4.69) is 14.8 Å². The number of alkyl halides is 2. The monoisotopic (exact) mass is 484 g/mol. The minimum atomic E-state index is -2.93. The van der Waals surface area contributed by atoms with Crippen molar-refractivity contribution in [2.24, 2.45) is 0 Å². The van der Waals surface area contributed by atoms with E-state index >= 15 is 0 Å². The molecule has 0 aliphatic carbocycles. The van der Waals surface area contributed by atoms with E-state index in [0.717, 1.165) is 4.57 Å². The van der Waals surface area contributed by atoms with E-state index in [1.54, 1.807) is 18.2 Å². The van der Waals surface area contributed by atoms with Crippen LogP contribution in [0.25, 0.3) is 16.7 Å². The van der Waals surface area contributed by atoms with Gasteiger partial charge in [0.2, 0.25) is 5.91 Å². The number of nitro groups is 1. The normalized spacial score (nSPS) is 11.1. The van der Waals surface area contributed by atoms with E-state index in [1.807, 2.05) is 0 Å². The van der Waals surface area contributed by atoms with Gasteiger partial charge in [-0.1, -0.05) is 24.3 Å². The molecule has 2 aromatic carbocycles. The molecule has 11 nitrogen and oxygen atoms in total. The first-order chi connectivity index (χ1) is 16.7. The third-order valence-corrected chi connectivity index (χ3v) is 5.16. The number of rotatable bonds is 8. The fourth-order valence-corrected chi connectivity index (χ4v) is 3.44. The number of amides is 1. The molecule has 0 saturated carbocycles. The van der Waals surface area contributed by atoms with Gasteiger partial charge < -0.3 is 9.64 Å². The smallest absolute Gasteiger partial charge is 0.387 e. The lowest BCUT2D eigenvalue weighted by molar-refractivity contribution is -0.384. The maximum Gasteiger partial charge on any atom is 0.387 e. The van der Waals surface area contributed by atoms with Gasteiger partial charge in [-0.15, -0.1) is 0 Å². The maximum absolute atomic E-state index is 12.9. The predicted molar refractivity (Wildman–Crippen MR) is 119 cm³/mol. The van der Waals surface area contributed by atoms with Crippen LogP contribution in [0.2, 0.25) is 0 Å². The van der Waals surface area contributed by atoms with Crippen LogP contribution in [-0.2, 0) is 17.9 Å². The first-order valence-electron chi connectivity index (χ1n) is 10.2. The fourth-order valence-electron chi connectivity index (χ4n) is 3.44. The lowest BCUT2D eigenvalue weighted by atomic mass is 10.2. The highest BCUT2D eigenvalue weighted by Crippen LogP contribution is 2.24. The van der Waals surface area contributed by atoms with Gasteiger partial charge in [-0.2, -0.15) is 13.9 Å². The van der Waals surface area contributed by atoms with Crippen molar-refractivity contribution in [1.29, 1.82) is 0 Å². The van der Waals surface area contributed by atoms with Gasteiger partial charge in [-0.25, -0.2) is 9.67 Å². The molecule has 0 unspecified atom stereocenters. The van der Waals surface area contributed by atoms with Gasteiger partial charge in [-0.05, 0) is 23.8 Å². The van der Waals surface area contributed by atoms with E-state index in [9.17, 15) is 28.5 Å². The number of ether oxygens (including phenoxy) is 1. The number of benzene rings is 2. The Morgan fingerprint density at radius 3 is 2.60 bits per heavy atom. The van der Waals surface area contributed by atoms with Gasteiger partial charge in [-0.3, -0.25) is 24.3 Å². The summed E-state index contributed by atoms with van der Waals surface area (Å²) in [6.07, 6.45) is 2.43. The molecule has 0 N–H and O–H groups in total. The number of nitrogens with zero attached hydrogens (tertiary/aromatic N) is 6. The molecule has 13 heteroatoms. The van der Waals surface area contributed by atoms with Gasteiger partial charge in [0.15, 0.2) is 5.65 Å². The summed E-state index contributed by atoms with van der Waals surface area (Å²) < 4.78 is 31.2. The van der Waals surface area contributed by atoms with Crippen LogP contribution in [0.3, 0.4) is 0 Å². The van der Waals surface area contributed by atoms with Gasteiger partial charge >= 0.3 is 6.61 Å². The molecule has 1 amide bonds. The Bertz CT molecular complexity index is 1450. The minimum absolute atomic E-state index is 0.00467. The number of aromatic nitrogens is 4. The third kappa shape index (κ3) is 4.98. The van der Waals surface area contributed by atoms with Crippen molar-refractivity contribution in [3.8, 4) is 11.4 Å². The standard InChI is InChI=1S/C22H18F2N6O5/c1-27(11-14-6-8-15(9-7-14)35-22(23)24)19(31)12-28-13-25-20-16(21(28)32)10-26-29(20)17-4-2-3-5-18(17)30(33)34/h2-10,13,22H,11-12H2,1H3. The summed E-state index contributed by atoms with van der Waals surface area (Å²) >= 11 is 0. The Morgan fingerprint density at radius 1 is 1.20 bits per heavy atom. The van der Waals surface area contributed by atoms with Crippen LogP contribution in [0.1, 0.15) is 5.56 Å². The van der Waals surface area contributed by atoms with Crippen LogP contribution in [0.4, 0.5) is 14.5 Å². The summed E-state index contributed by atoms with van der Waals surface area (Å²) in [4.78, 5) is 42.0. The molecular weight excluding hydrogens is 466 g/mol. The quantitative estimate of drug-likeness (QED) is 0.278. The molecule has 0 atom stereocenters. The summed E-state index contributed by atoms with van der Waals surface area (Å²) in [7, 11) is 1.54. The number of carbonyl (C=O) groups is 1. The van der Waals surface area contributed by atoms with E-state index in [1.165, 1.54) is 59.5 Å². The van der Waals surface area contributed by atoms with Gasteiger partial charge in [0.05, 0.1) is 11.1 Å². The number of hydrogen-bond acceptors (Lipinski definition) is 7. The summed E-state index contributed by atoms with van der Waals surface area (Å²) in [5.41, 5.74) is 0.212. The predicted octanol–water partition coefficient (Wildman–Crippen LogP) is 2.75. The van der Waals surface area contributed by atoms with Crippen molar-refractivity contribution >= 4 is 22.6 Å². The Morgan fingerprint density at radius 2 is 1.91 bits per heavy atom. The third-order valence-electron chi connectivity index (χ3n) is 5.16. The Hall–Kier alpha value is -4.68. The Balaban J connectivity index is 1.52. The number of carbonyl (C=O) groups excluding carboxylic acids is 1. The van der Waals surface area contributed by atoms with Crippen LogP contribution < -0.4 is 10.3 Å². The summed E-state index contributed by atoms with van der Waals surface area (Å²) in [5, 5.41) is 15.5. The molecular formula is C22H18F2N6O5. The van der Waals surface area contributed by atoms with Gasteiger partial charge in [0, 0.05) is 19.7 Å². The Kier molecular flexibility index (Phi) is 6.48. The molecule has 0 saturated heterocycles. The van der Waals surface area contributed by atoms with E-state index < -0.39 is 23.0 Å². The zero-order valence-corrected chi connectivity index (χ0v) is 18.2. The lowest BCUT2D eigenvalue weighted by Crippen LogP contribution is -2.33. The molecule has 0 bridgehead atoms. The molecule has 2 heterocycles. The molecule has 4 rings (SSSR count). The molecule has 0 aliphatic rings. The zero-order valence-electron chi connectivity index (χ0n) is 18.2. The Labute approximate surface area is 195 Å². The van der Waals surface area contributed by atoms with Crippen molar-refractivity contribution in [2.45, 2.75) is 19.7 Å². The minimum Gasteiger partial charge on any atom is -0.435 e. The van der Waals surface area contributed by atoms with Crippen molar-refractivity contribution < 1.29 is 23.2 Å². The van der Waals surface area contributed by atoms with Crippen molar-refractivity contribution in [3.63, 3.8) is 0 Å². The van der Waals surface area contributed by atoms with E-state index in [0.29, 0.717) is 5.56 Å². The molecule has 2 aromatic heterocycles. The zero-order chi connectivity index (χ0) is 25.1. The summed E-state index contributed by atoms with van der Waals surface area (Å²) in [5.74, 6) is -0.391. The number of hydrogen-bond donors (Lipinski definition) is 0. The summed E-state index contributed by atoms with van der Waals surface area (Å²) in [6.45, 7) is -3.06. The highest BCUT2D eigenvalue weighted by Gasteiger charge is 2.20. The second-order valence-electron chi connectivity index (χ2n) is 7.49. The van der Waals surface area contributed by atoms with Crippen molar-refractivity contribution in [2.75, 3.05) is 7.05 Å². The molecule has 4 aromatic rings. The van der Waals surface area contributed by atoms with Crippen molar-refractivity contribution in [1.82, 2.24) is 24.2 Å². The molecule has 0 aliphatic heterocycles. The van der Waals surface area contributed by atoms with Crippen LogP contribution in [0.5, 0.6) is 5.75 Å². The number of halogens is 2. The second-order valence-corrected chi connectivity index (χ2v) is 7.49. The first-order valence-corrected chi connectivity index (χ1v) is 10.2. The number of nitro benzene ring substituents is 1. The lowest BCUT2D eigenvalue weighted by Gasteiger charge is -2.18. The number of fused-ring (bicyclic) bond motifs is 1. The van der Waals surface area contributed by atoms with E-state index in [4.69, 9.17) is 0 Å². The average Bonchev–Trinajstić information content (AvgIpc) is 3.26. The fraction of sp³-hybridized carbons (Fsp3) is 0.182. The van der Waals surface area contributed by atoms with Crippen molar-refractivity contribution in [3.05, 3.63) is 87.1 Å². The van der Waals surface area contributed by atoms with Gasteiger partial charge in [0.1, 0.15) is 29.7 Å². The maximum atomic E-state index is 12.9. The number of para-hydroxylation sites is 2. The highest BCUT2D eigenvalue weighted by atomic mass is 19.3. The topological polar surface area (TPSA) is 125 Å². The molecule has 0 radical (unpaired) electrons.